The zero-order valence-electron chi connectivity index (χ0n) is 10.4. The summed E-state index contributed by atoms with van der Waals surface area (Å²) in [4.78, 5) is 4.78. The largest absolute Gasteiger partial charge is 0.492 e. The minimum atomic E-state index is 0.524. The average molecular weight is 293 g/mol. The van der Waals surface area contributed by atoms with E-state index in [2.05, 4.69) is 10.3 Å². The molecule has 0 unspecified atom stereocenters. The monoisotopic (exact) mass is 292 g/mol. The molecule has 0 bridgehead atoms. The predicted octanol–water partition coefficient (Wildman–Crippen LogP) is 3.92. The summed E-state index contributed by atoms with van der Waals surface area (Å²) in [6, 6.07) is 11.1. The van der Waals surface area contributed by atoms with Crippen molar-refractivity contribution in [3.63, 3.8) is 0 Å². The van der Waals surface area contributed by atoms with Crippen LogP contribution in [0.1, 0.15) is 12.6 Å². The number of para-hydroxylation sites is 1. The fraction of sp³-hybridized carbons (Fsp3) is 0.143. The molecule has 0 aliphatic heterocycles. The van der Waals surface area contributed by atoms with E-state index in [1.54, 1.807) is 12.3 Å². The number of hydrogen-bond acceptors (Lipinski definition) is 3. The first-order chi connectivity index (χ1) is 9.20. The van der Waals surface area contributed by atoms with Crippen LogP contribution in [-0.4, -0.2) is 16.6 Å². The molecule has 2 rings (SSSR count). The highest BCUT2D eigenvalue weighted by Crippen LogP contribution is 2.21. The molecule has 98 valence electrons. The number of thiocarbonyl (C=S) groups is 1. The maximum Gasteiger partial charge on any atom is 0.137 e. The van der Waals surface area contributed by atoms with Crippen molar-refractivity contribution < 1.29 is 4.74 Å². The van der Waals surface area contributed by atoms with Crippen LogP contribution in [-0.2, 0) is 0 Å². The van der Waals surface area contributed by atoms with Crippen LogP contribution in [0.15, 0.2) is 42.6 Å². The third-order valence-electron chi connectivity index (χ3n) is 2.40. The molecular formula is C14H13ClN2OS. The van der Waals surface area contributed by atoms with Crippen LogP contribution in [0.3, 0.4) is 0 Å². The number of nitrogens with one attached hydrogen (secondary N) is 1. The minimum Gasteiger partial charge on any atom is -0.492 e. The van der Waals surface area contributed by atoms with Gasteiger partial charge in [0.1, 0.15) is 10.7 Å². The van der Waals surface area contributed by atoms with Crippen molar-refractivity contribution in [1.82, 2.24) is 4.98 Å². The number of pyridine rings is 1. The van der Waals surface area contributed by atoms with Crippen molar-refractivity contribution >= 4 is 34.5 Å². The maximum atomic E-state index is 6.06. The molecule has 1 aromatic heterocycles. The Bertz CT molecular complexity index is 572. The molecule has 1 aromatic carbocycles. The number of nitrogens with zero attached hydrogens (tertiary/aromatic N) is 1. The zero-order valence-corrected chi connectivity index (χ0v) is 12.0. The van der Waals surface area contributed by atoms with Gasteiger partial charge in [-0.1, -0.05) is 36.0 Å². The van der Waals surface area contributed by atoms with Crippen molar-refractivity contribution in [1.29, 1.82) is 0 Å². The molecule has 0 saturated heterocycles. The van der Waals surface area contributed by atoms with Crippen molar-refractivity contribution in [2.45, 2.75) is 6.92 Å². The molecule has 5 heteroatoms. The van der Waals surface area contributed by atoms with Crippen molar-refractivity contribution in [2.75, 3.05) is 11.9 Å². The smallest absolute Gasteiger partial charge is 0.137 e. The summed E-state index contributed by atoms with van der Waals surface area (Å²) in [5.74, 6) is 0.729. The summed E-state index contributed by atoms with van der Waals surface area (Å²) in [5, 5.41) is 3.70. The third-order valence-corrected chi connectivity index (χ3v) is 3.04. The topological polar surface area (TPSA) is 34.1 Å². The van der Waals surface area contributed by atoms with Crippen LogP contribution in [0.4, 0.5) is 5.69 Å². The van der Waals surface area contributed by atoms with Crippen LogP contribution < -0.4 is 10.1 Å². The van der Waals surface area contributed by atoms with Crippen LogP contribution in [0.2, 0.25) is 5.02 Å². The van der Waals surface area contributed by atoms with Gasteiger partial charge in [-0.15, -0.1) is 0 Å². The summed E-state index contributed by atoms with van der Waals surface area (Å²) < 4.78 is 5.33. The Kier molecular flexibility index (Phi) is 4.71. The zero-order chi connectivity index (χ0) is 13.7. The molecular weight excluding hydrogens is 280 g/mol. The summed E-state index contributed by atoms with van der Waals surface area (Å²) in [6.45, 7) is 2.54. The molecule has 1 N–H and O–H groups in total. The van der Waals surface area contributed by atoms with Crippen LogP contribution in [0.5, 0.6) is 5.75 Å². The van der Waals surface area contributed by atoms with Gasteiger partial charge in [-0.2, -0.15) is 0 Å². The standard InChI is InChI=1S/C14H13ClN2OS/c1-2-18-10-7-8-13(16-9-10)14(19)17-12-6-4-3-5-11(12)15/h3-9H,2H2,1H3,(H,17,19). The Balaban J connectivity index is 2.10. The number of hydrogen-bond donors (Lipinski definition) is 1. The van der Waals surface area contributed by atoms with E-state index < -0.39 is 0 Å². The van der Waals surface area contributed by atoms with E-state index in [-0.39, 0.29) is 0 Å². The van der Waals surface area contributed by atoms with E-state index in [9.17, 15) is 0 Å². The fourth-order valence-electron chi connectivity index (χ4n) is 1.52. The maximum absolute atomic E-state index is 6.06. The van der Waals surface area contributed by atoms with Crippen molar-refractivity contribution in [2.24, 2.45) is 0 Å². The number of halogens is 1. The van der Waals surface area contributed by atoms with Gasteiger partial charge < -0.3 is 10.1 Å². The molecule has 0 atom stereocenters. The molecule has 2 aromatic rings. The van der Waals surface area contributed by atoms with Crippen LogP contribution >= 0.6 is 23.8 Å². The number of ether oxygens (including phenoxy) is 1. The number of rotatable bonds is 4. The molecule has 19 heavy (non-hydrogen) atoms. The van der Waals surface area contributed by atoms with Gasteiger partial charge in [-0.3, -0.25) is 0 Å². The Labute approximate surface area is 122 Å². The molecule has 0 radical (unpaired) electrons. The van der Waals surface area contributed by atoms with Crippen molar-refractivity contribution in [3.05, 3.63) is 53.3 Å². The van der Waals surface area contributed by atoms with Gasteiger partial charge in [0.25, 0.3) is 0 Å². The third kappa shape index (κ3) is 3.66. The van der Waals surface area contributed by atoms with E-state index in [1.165, 1.54) is 0 Å². The highest BCUT2D eigenvalue weighted by Gasteiger charge is 2.06. The molecule has 0 spiro atoms. The van der Waals surface area contributed by atoms with Gasteiger partial charge in [0, 0.05) is 0 Å². The first kappa shape index (κ1) is 13.8. The molecule has 0 aliphatic carbocycles. The Morgan fingerprint density at radius 3 is 2.74 bits per heavy atom. The van der Waals surface area contributed by atoms with E-state index >= 15 is 0 Å². The highest BCUT2D eigenvalue weighted by atomic mass is 35.5. The molecule has 0 amide bonds. The quantitative estimate of drug-likeness (QED) is 0.866. The van der Waals surface area contributed by atoms with E-state index in [0.29, 0.717) is 22.3 Å². The van der Waals surface area contributed by atoms with Gasteiger partial charge in [0.05, 0.1) is 29.2 Å². The van der Waals surface area contributed by atoms with Crippen LogP contribution in [0, 0.1) is 0 Å². The summed E-state index contributed by atoms with van der Waals surface area (Å²) in [5.41, 5.74) is 1.45. The summed E-state index contributed by atoms with van der Waals surface area (Å²) >= 11 is 11.4. The Morgan fingerprint density at radius 1 is 1.32 bits per heavy atom. The lowest BCUT2D eigenvalue weighted by Crippen LogP contribution is -2.12. The number of aromatic nitrogens is 1. The van der Waals surface area contributed by atoms with E-state index in [4.69, 9.17) is 28.6 Å². The summed E-state index contributed by atoms with van der Waals surface area (Å²) in [6.07, 6.45) is 1.65. The van der Waals surface area contributed by atoms with Gasteiger partial charge in [0.15, 0.2) is 0 Å². The predicted molar refractivity (Wildman–Crippen MR) is 82.2 cm³/mol. The second kappa shape index (κ2) is 6.50. The molecule has 3 nitrogen and oxygen atoms in total. The van der Waals surface area contributed by atoms with Gasteiger partial charge in [-0.25, -0.2) is 4.98 Å². The van der Waals surface area contributed by atoms with E-state index in [0.717, 1.165) is 11.4 Å². The Morgan fingerprint density at radius 2 is 2.11 bits per heavy atom. The van der Waals surface area contributed by atoms with Gasteiger partial charge in [0.2, 0.25) is 0 Å². The van der Waals surface area contributed by atoms with Gasteiger partial charge >= 0.3 is 0 Å². The SMILES string of the molecule is CCOc1ccc(C(=S)Nc2ccccc2Cl)nc1. The minimum absolute atomic E-state index is 0.524. The van der Waals surface area contributed by atoms with Crippen molar-refractivity contribution in [3.8, 4) is 5.75 Å². The molecule has 1 heterocycles. The first-order valence-electron chi connectivity index (χ1n) is 5.85. The van der Waals surface area contributed by atoms with Crippen LogP contribution in [0.25, 0.3) is 0 Å². The molecule has 0 fully saturated rings. The lowest BCUT2D eigenvalue weighted by atomic mass is 10.3. The second-order valence-electron chi connectivity index (χ2n) is 3.75. The lowest BCUT2D eigenvalue weighted by Gasteiger charge is -2.09. The second-order valence-corrected chi connectivity index (χ2v) is 4.56. The Hall–Kier alpha value is -1.65. The molecule has 0 saturated carbocycles. The summed E-state index contributed by atoms with van der Waals surface area (Å²) in [7, 11) is 0. The highest BCUT2D eigenvalue weighted by molar-refractivity contribution is 7.81. The lowest BCUT2D eigenvalue weighted by molar-refractivity contribution is 0.339. The van der Waals surface area contributed by atoms with Gasteiger partial charge in [-0.05, 0) is 31.2 Å². The first-order valence-corrected chi connectivity index (χ1v) is 6.64. The number of benzene rings is 1. The van der Waals surface area contributed by atoms with E-state index in [1.807, 2.05) is 37.3 Å². The molecule has 0 aliphatic rings. The fourth-order valence-corrected chi connectivity index (χ4v) is 1.93. The number of anilines is 1. The normalized spacial score (nSPS) is 10.0. The average Bonchev–Trinajstić information content (AvgIpc) is 2.42.